The summed E-state index contributed by atoms with van der Waals surface area (Å²) in [4.78, 5) is 0. The van der Waals surface area contributed by atoms with Crippen LogP contribution in [0.25, 0.3) is 0 Å². The van der Waals surface area contributed by atoms with Crippen molar-refractivity contribution in [3.8, 4) is 0 Å². The van der Waals surface area contributed by atoms with Crippen LogP contribution in [0.3, 0.4) is 0 Å². The van der Waals surface area contributed by atoms with Gasteiger partial charge in [-0.3, -0.25) is 5.32 Å². The number of aliphatic hydroxyl groups is 2. The van der Waals surface area contributed by atoms with Crippen molar-refractivity contribution in [3.63, 3.8) is 0 Å². The van der Waals surface area contributed by atoms with Crippen molar-refractivity contribution >= 4 is 0 Å². The van der Waals surface area contributed by atoms with Gasteiger partial charge in [0.2, 0.25) is 0 Å². The Bertz CT molecular complexity index is 155. The summed E-state index contributed by atoms with van der Waals surface area (Å²) in [6.07, 6.45) is 7.15. The quantitative estimate of drug-likeness (QED) is 0.594. The molecule has 3 heteroatoms. The lowest BCUT2D eigenvalue weighted by atomic mass is 9.91. The SMILES string of the molecule is CCCCC(O)NC1(O)CCCCC1. The van der Waals surface area contributed by atoms with E-state index in [1.807, 2.05) is 0 Å². The van der Waals surface area contributed by atoms with Crippen LogP contribution in [0.15, 0.2) is 0 Å². The van der Waals surface area contributed by atoms with Crippen molar-refractivity contribution in [1.29, 1.82) is 0 Å². The van der Waals surface area contributed by atoms with Gasteiger partial charge in [0.05, 0.1) is 0 Å². The standard InChI is InChI=1S/C11H23NO2/c1-2-3-7-10(13)12-11(14)8-5-4-6-9-11/h10,12-14H,2-9H2,1H3. The first-order chi connectivity index (χ1) is 6.66. The zero-order chi connectivity index (χ0) is 10.4. The molecule has 1 fully saturated rings. The Morgan fingerprint density at radius 3 is 2.50 bits per heavy atom. The predicted molar refractivity (Wildman–Crippen MR) is 56.7 cm³/mol. The van der Waals surface area contributed by atoms with Crippen molar-refractivity contribution in [2.24, 2.45) is 0 Å². The number of hydrogen-bond acceptors (Lipinski definition) is 3. The molecule has 1 rings (SSSR count). The fourth-order valence-electron chi connectivity index (χ4n) is 2.06. The van der Waals surface area contributed by atoms with Gasteiger partial charge in [0.25, 0.3) is 0 Å². The van der Waals surface area contributed by atoms with Gasteiger partial charge in [-0.15, -0.1) is 0 Å². The van der Waals surface area contributed by atoms with Gasteiger partial charge in [-0.1, -0.05) is 19.8 Å². The maximum atomic E-state index is 10.1. The van der Waals surface area contributed by atoms with E-state index in [9.17, 15) is 10.2 Å². The maximum Gasteiger partial charge on any atom is 0.117 e. The van der Waals surface area contributed by atoms with Crippen LogP contribution in [0.5, 0.6) is 0 Å². The van der Waals surface area contributed by atoms with Gasteiger partial charge in [-0.2, -0.15) is 0 Å². The Hall–Kier alpha value is -0.120. The zero-order valence-corrected chi connectivity index (χ0v) is 9.13. The highest BCUT2D eigenvalue weighted by Gasteiger charge is 2.30. The topological polar surface area (TPSA) is 52.5 Å². The Morgan fingerprint density at radius 2 is 1.93 bits per heavy atom. The first-order valence-corrected chi connectivity index (χ1v) is 5.84. The summed E-state index contributed by atoms with van der Waals surface area (Å²) in [5.41, 5.74) is -0.800. The molecule has 0 bridgehead atoms. The molecule has 0 radical (unpaired) electrons. The van der Waals surface area contributed by atoms with Crippen LogP contribution < -0.4 is 5.32 Å². The molecule has 3 nitrogen and oxygen atoms in total. The molecule has 1 atom stereocenters. The molecular weight excluding hydrogens is 178 g/mol. The summed E-state index contributed by atoms with van der Waals surface area (Å²) in [5, 5.41) is 22.6. The molecule has 1 unspecified atom stereocenters. The van der Waals surface area contributed by atoms with E-state index in [0.717, 1.165) is 44.9 Å². The Labute approximate surface area is 86.5 Å². The lowest BCUT2D eigenvalue weighted by molar-refractivity contribution is -0.0723. The van der Waals surface area contributed by atoms with Crippen LogP contribution in [0, 0.1) is 0 Å². The Kier molecular flexibility index (Phi) is 4.85. The molecule has 1 aliphatic rings. The minimum absolute atomic E-state index is 0.543. The van der Waals surface area contributed by atoms with E-state index in [1.54, 1.807) is 0 Å². The number of hydrogen-bond donors (Lipinski definition) is 3. The van der Waals surface area contributed by atoms with E-state index < -0.39 is 12.0 Å². The summed E-state index contributed by atoms with van der Waals surface area (Å²) in [6, 6.07) is 0. The number of aliphatic hydroxyl groups excluding tert-OH is 1. The molecule has 1 saturated carbocycles. The van der Waals surface area contributed by atoms with Crippen LogP contribution in [0.1, 0.15) is 58.3 Å². The molecule has 0 amide bonds. The molecule has 14 heavy (non-hydrogen) atoms. The molecule has 0 aromatic carbocycles. The van der Waals surface area contributed by atoms with Gasteiger partial charge >= 0.3 is 0 Å². The molecule has 0 aromatic heterocycles. The van der Waals surface area contributed by atoms with Crippen LogP contribution in [0.4, 0.5) is 0 Å². The molecule has 3 N–H and O–H groups in total. The van der Waals surface area contributed by atoms with Gasteiger partial charge in [0.15, 0.2) is 0 Å². The van der Waals surface area contributed by atoms with E-state index in [1.165, 1.54) is 6.42 Å². The number of unbranched alkanes of at least 4 members (excludes halogenated alkanes) is 1. The lowest BCUT2D eigenvalue weighted by Gasteiger charge is -2.35. The zero-order valence-electron chi connectivity index (χ0n) is 9.13. The second kappa shape index (κ2) is 5.69. The van der Waals surface area contributed by atoms with Crippen molar-refractivity contribution in [3.05, 3.63) is 0 Å². The third kappa shape index (κ3) is 3.95. The number of nitrogens with one attached hydrogen (secondary N) is 1. The average Bonchev–Trinajstić information content (AvgIpc) is 2.15. The van der Waals surface area contributed by atoms with Gasteiger partial charge < -0.3 is 10.2 Å². The Morgan fingerprint density at radius 1 is 1.29 bits per heavy atom. The molecule has 0 aliphatic heterocycles. The predicted octanol–water partition coefficient (Wildman–Crippen LogP) is 1.74. The lowest BCUT2D eigenvalue weighted by Crippen LogP contribution is -2.51. The molecular formula is C11H23NO2. The summed E-state index contributed by atoms with van der Waals surface area (Å²) in [6.45, 7) is 2.10. The van der Waals surface area contributed by atoms with Crippen LogP contribution in [0.2, 0.25) is 0 Å². The molecule has 84 valence electrons. The van der Waals surface area contributed by atoms with Gasteiger partial charge in [0.1, 0.15) is 12.0 Å². The van der Waals surface area contributed by atoms with Crippen molar-refractivity contribution in [2.45, 2.75) is 70.2 Å². The van der Waals surface area contributed by atoms with Crippen molar-refractivity contribution in [2.75, 3.05) is 0 Å². The van der Waals surface area contributed by atoms with E-state index in [-0.39, 0.29) is 0 Å². The molecule has 1 aliphatic carbocycles. The molecule has 0 saturated heterocycles. The second-order valence-corrected chi connectivity index (χ2v) is 4.39. The fraction of sp³-hybridized carbons (Fsp3) is 1.00. The summed E-state index contributed by atoms with van der Waals surface area (Å²) in [7, 11) is 0. The molecule has 0 heterocycles. The fourth-order valence-corrected chi connectivity index (χ4v) is 2.06. The van der Waals surface area contributed by atoms with Crippen LogP contribution in [-0.2, 0) is 0 Å². The number of rotatable bonds is 5. The third-order valence-electron chi connectivity index (χ3n) is 2.95. The first kappa shape index (κ1) is 12.0. The summed E-state index contributed by atoms with van der Waals surface area (Å²) in [5.74, 6) is 0. The van der Waals surface area contributed by atoms with E-state index in [2.05, 4.69) is 12.2 Å². The van der Waals surface area contributed by atoms with Crippen LogP contribution in [-0.4, -0.2) is 22.2 Å². The van der Waals surface area contributed by atoms with E-state index >= 15 is 0 Å². The van der Waals surface area contributed by atoms with Crippen molar-refractivity contribution in [1.82, 2.24) is 5.32 Å². The van der Waals surface area contributed by atoms with Gasteiger partial charge in [-0.25, -0.2) is 0 Å². The molecule has 0 aromatic rings. The highest BCUT2D eigenvalue weighted by Crippen LogP contribution is 2.26. The largest absolute Gasteiger partial charge is 0.379 e. The Balaban J connectivity index is 2.25. The first-order valence-electron chi connectivity index (χ1n) is 5.84. The smallest absolute Gasteiger partial charge is 0.117 e. The maximum absolute atomic E-state index is 10.1. The van der Waals surface area contributed by atoms with Crippen LogP contribution >= 0.6 is 0 Å². The highest BCUT2D eigenvalue weighted by molar-refractivity contribution is 4.80. The normalized spacial score (nSPS) is 23.4. The average molecular weight is 201 g/mol. The van der Waals surface area contributed by atoms with Crippen molar-refractivity contribution < 1.29 is 10.2 Å². The van der Waals surface area contributed by atoms with E-state index in [0.29, 0.717) is 0 Å². The third-order valence-corrected chi connectivity index (χ3v) is 2.95. The second-order valence-electron chi connectivity index (χ2n) is 4.39. The summed E-state index contributed by atoms with van der Waals surface area (Å²) < 4.78 is 0. The minimum Gasteiger partial charge on any atom is -0.379 e. The molecule has 0 spiro atoms. The minimum atomic E-state index is -0.800. The van der Waals surface area contributed by atoms with E-state index in [4.69, 9.17) is 0 Å². The van der Waals surface area contributed by atoms with Gasteiger partial charge in [0, 0.05) is 0 Å². The summed E-state index contributed by atoms with van der Waals surface area (Å²) >= 11 is 0. The van der Waals surface area contributed by atoms with Gasteiger partial charge in [-0.05, 0) is 38.5 Å². The monoisotopic (exact) mass is 201 g/mol. The highest BCUT2D eigenvalue weighted by atomic mass is 16.3.